The van der Waals surface area contributed by atoms with Crippen LogP contribution in [-0.2, 0) is 11.2 Å². The van der Waals surface area contributed by atoms with Crippen LogP contribution in [0.15, 0.2) is 52.9 Å². The molecule has 2 aromatic carbocycles. The second kappa shape index (κ2) is 7.75. The molecule has 0 aliphatic heterocycles. The first-order valence-electron chi connectivity index (χ1n) is 9.06. The molecule has 4 nitrogen and oxygen atoms in total. The maximum absolute atomic E-state index is 12.6. The van der Waals surface area contributed by atoms with Crippen LogP contribution < -0.4 is 5.32 Å². The van der Waals surface area contributed by atoms with E-state index in [0.717, 1.165) is 40.0 Å². The molecule has 1 amide bonds. The van der Waals surface area contributed by atoms with Crippen molar-refractivity contribution in [3.8, 4) is 0 Å². The van der Waals surface area contributed by atoms with Crippen molar-refractivity contribution < 1.29 is 9.21 Å². The van der Waals surface area contributed by atoms with Crippen LogP contribution in [0.2, 0.25) is 0 Å². The lowest BCUT2D eigenvalue weighted by Gasteiger charge is -2.23. The Morgan fingerprint density at radius 3 is 2.69 bits per heavy atom. The number of nitrogens with one attached hydrogen (secondary N) is 1. The number of benzene rings is 2. The van der Waals surface area contributed by atoms with Gasteiger partial charge in [0, 0.05) is 11.1 Å². The minimum atomic E-state index is -0.0144. The van der Waals surface area contributed by atoms with E-state index in [1.165, 1.54) is 0 Å². The van der Waals surface area contributed by atoms with Crippen molar-refractivity contribution in [1.29, 1.82) is 0 Å². The molecular weight excluding hydrogens is 324 g/mol. The van der Waals surface area contributed by atoms with Crippen LogP contribution in [0.1, 0.15) is 36.8 Å². The van der Waals surface area contributed by atoms with E-state index in [-0.39, 0.29) is 11.9 Å². The monoisotopic (exact) mass is 350 g/mol. The molecule has 1 N–H and O–H groups in total. The Labute approximate surface area is 154 Å². The van der Waals surface area contributed by atoms with Gasteiger partial charge in [-0.15, -0.1) is 0 Å². The summed E-state index contributed by atoms with van der Waals surface area (Å²) >= 11 is 0. The molecule has 3 rings (SSSR count). The average Bonchev–Trinajstić information content (AvgIpc) is 3.06. The number of hydrogen-bond donors (Lipinski definition) is 1. The van der Waals surface area contributed by atoms with Crippen molar-refractivity contribution in [2.45, 2.75) is 33.2 Å². The molecule has 4 heteroatoms. The third-order valence-corrected chi connectivity index (χ3v) is 4.91. The summed E-state index contributed by atoms with van der Waals surface area (Å²) in [7, 11) is 1.94. The summed E-state index contributed by atoms with van der Waals surface area (Å²) in [6.45, 7) is 6.47. The second-order valence-corrected chi connectivity index (χ2v) is 6.79. The fourth-order valence-electron chi connectivity index (χ4n) is 3.17. The number of nitrogens with zero attached hydrogens (tertiary/aromatic N) is 1. The number of likely N-dealkylation sites (N-methyl/N-ethyl adjacent to an activating group) is 1. The van der Waals surface area contributed by atoms with E-state index in [0.29, 0.717) is 6.54 Å². The van der Waals surface area contributed by atoms with Crippen LogP contribution in [0.25, 0.3) is 11.0 Å². The quantitative estimate of drug-likeness (QED) is 0.685. The van der Waals surface area contributed by atoms with Crippen molar-refractivity contribution in [3.63, 3.8) is 0 Å². The van der Waals surface area contributed by atoms with Crippen molar-refractivity contribution in [2.24, 2.45) is 0 Å². The standard InChI is InChI=1S/C22H26N2O2/c1-5-17-11-8-9-15(2)22(17)23-21(25)14-24(4)16(3)20-13-18-10-6-7-12-19(18)26-20/h6-13,16H,5,14H2,1-4H3,(H,23,25). The van der Waals surface area contributed by atoms with Gasteiger partial charge in [0.15, 0.2) is 0 Å². The number of rotatable bonds is 6. The molecule has 1 atom stereocenters. The predicted molar refractivity (Wildman–Crippen MR) is 106 cm³/mol. The zero-order valence-corrected chi connectivity index (χ0v) is 15.9. The van der Waals surface area contributed by atoms with E-state index in [2.05, 4.69) is 25.2 Å². The van der Waals surface area contributed by atoms with Gasteiger partial charge in [-0.3, -0.25) is 9.69 Å². The van der Waals surface area contributed by atoms with Gasteiger partial charge in [-0.1, -0.05) is 43.3 Å². The van der Waals surface area contributed by atoms with Crippen LogP contribution in [0.3, 0.4) is 0 Å². The van der Waals surface area contributed by atoms with E-state index in [4.69, 9.17) is 4.42 Å². The summed E-state index contributed by atoms with van der Waals surface area (Å²) in [6, 6.07) is 16.1. The number of anilines is 1. The fraction of sp³-hybridized carbons (Fsp3) is 0.318. The number of amides is 1. The highest BCUT2D eigenvalue weighted by atomic mass is 16.3. The Balaban J connectivity index is 1.69. The Morgan fingerprint density at radius 2 is 1.96 bits per heavy atom. The molecule has 0 aliphatic carbocycles. The lowest BCUT2D eigenvalue weighted by Crippen LogP contribution is -2.32. The number of aryl methyl sites for hydroxylation is 2. The molecular formula is C22H26N2O2. The molecule has 0 saturated heterocycles. The predicted octanol–water partition coefficient (Wildman–Crippen LogP) is 4.94. The maximum atomic E-state index is 12.6. The molecule has 0 radical (unpaired) electrons. The molecule has 0 aliphatic rings. The van der Waals surface area contributed by atoms with Crippen molar-refractivity contribution in [2.75, 3.05) is 18.9 Å². The van der Waals surface area contributed by atoms with Gasteiger partial charge < -0.3 is 9.73 Å². The largest absolute Gasteiger partial charge is 0.459 e. The highest BCUT2D eigenvalue weighted by Gasteiger charge is 2.19. The van der Waals surface area contributed by atoms with E-state index < -0.39 is 0 Å². The van der Waals surface area contributed by atoms with Crippen molar-refractivity contribution in [3.05, 3.63) is 65.4 Å². The van der Waals surface area contributed by atoms with E-state index >= 15 is 0 Å². The molecule has 0 spiro atoms. The highest BCUT2D eigenvalue weighted by molar-refractivity contribution is 5.93. The number of furan rings is 1. The molecule has 1 heterocycles. The van der Waals surface area contributed by atoms with Crippen LogP contribution in [-0.4, -0.2) is 24.4 Å². The average molecular weight is 350 g/mol. The first-order valence-corrected chi connectivity index (χ1v) is 9.06. The van der Waals surface area contributed by atoms with Gasteiger partial charge in [0.2, 0.25) is 5.91 Å². The van der Waals surface area contributed by atoms with Crippen LogP contribution in [0, 0.1) is 6.92 Å². The Hall–Kier alpha value is -2.59. The third-order valence-electron chi connectivity index (χ3n) is 4.91. The molecule has 0 fully saturated rings. The molecule has 1 unspecified atom stereocenters. The molecule has 0 bridgehead atoms. The van der Waals surface area contributed by atoms with Crippen molar-refractivity contribution >= 4 is 22.6 Å². The first kappa shape index (κ1) is 18.2. The molecule has 1 aromatic heterocycles. The highest BCUT2D eigenvalue weighted by Crippen LogP contribution is 2.27. The normalized spacial score (nSPS) is 12.5. The van der Waals surface area contributed by atoms with Gasteiger partial charge in [-0.25, -0.2) is 0 Å². The van der Waals surface area contributed by atoms with Gasteiger partial charge in [-0.2, -0.15) is 0 Å². The Bertz CT molecular complexity index is 880. The first-order chi connectivity index (χ1) is 12.5. The second-order valence-electron chi connectivity index (χ2n) is 6.79. The summed E-state index contributed by atoms with van der Waals surface area (Å²) in [5.41, 5.74) is 4.06. The van der Waals surface area contributed by atoms with E-state index in [1.54, 1.807) is 0 Å². The molecule has 0 saturated carbocycles. The maximum Gasteiger partial charge on any atom is 0.238 e. The Kier molecular flexibility index (Phi) is 5.43. The SMILES string of the molecule is CCc1cccc(C)c1NC(=O)CN(C)C(C)c1cc2ccccc2o1. The van der Waals surface area contributed by atoms with E-state index in [9.17, 15) is 4.79 Å². The van der Waals surface area contributed by atoms with Crippen LogP contribution in [0.5, 0.6) is 0 Å². The lowest BCUT2D eigenvalue weighted by molar-refractivity contribution is -0.117. The molecule has 136 valence electrons. The zero-order chi connectivity index (χ0) is 18.7. The molecule has 26 heavy (non-hydrogen) atoms. The van der Waals surface area contributed by atoms with Gasteiger partial charge in [0.1, 0.15) is 11.3 Å². The van der Waals surface area contributed by atoms with Gasteiger partial charge in [-0.05, 0) is 50.6 Å². The topological polar surface area (TPSA) is 45.5 Å². The summed E-state index contributed by atoms with van der Waals surface area (Å²) in [4.78, 5) is 14.6. The summed E-state index contributed by atoms with van der Waals surface area (Å²) in [5, 5.41) is 4.17. The minimum absolute atomic E-state index is 0.00988. The van der Waals surface area contributed by atoms with Gasteiger partial charge in [0.05, 0.1) is 12.6 Å². The number of carbonyl (C=O) groups excluding carboxylic acids is 1. The van der Waals surface area contributed by atoms with Crippen LogP contribution >= 0.6 is 0 Å². The number of carbonyl (C=O) groups is 1. The number of hydrogen-bond acceptors (Lipinski definition) is 3. The number of para-hydroxylation sites is 2. The van der Waals surface area contributed by atoms with Gasteiger partial charge in [0.25, 0.3) is 0 Å². The minimum Gasteiger partial charge on any atom is -0.459 e. The lowest BCUT2D eigenvalue weighted by atomic mass is 10.1. The number of fused-ring (bicyclic) bond motifs is 1. The summed E-state index contributed by atoms with van der Waals surface area (Å²) in [5.74, 6) is 0.853. The smallest absolute Gasteiger partial charge is 0.238 e. The Morgan fingerprint density at radius 1 is 1.19 bits per heavy atom. The van der Waals surface area contributed by atoms with Crippen molar-refractivity contribution in [1.82, 2.24) is 4.90 Å². The fourth-order valence-corrected chi connectivity index (χ4v) is 3.17. The summed E-state index contributed by atoms with van der Waals surface area (Å²) in [6.07, 6.45) is 0.891. The zero-order valence-electron chi connectivity index (χ0n) is 15.9. The van der Waals surface area contributed by atoms with Crippen LogP contribution in [0.4, 0.5) is 5.69 Å². The van der Waals surface area contributed by atoms with Gasteiger partial charge >= 0.3 is 0 Å². The van der Waals surface area contributed by atoms with E-state index in [1.807, 2.05) is 61.3 Å². The third kappa shape index (κ3) is 3.81. The summed E-state index contributed by atoms with van der Waals surface area (Å²) < 4.78 is 5.93. The molecule has 3 aromatic rings.